The first-order valence-corrected chi connectivity index (χ1v) is 7.32. The van der Waals surface area contributed by atoms with Crippen LogP contribution >= 0.6 is 0 Å². The fourth-order valence-corrected chi connectivity index (χ4v) is 2.59. The van der Waals surface area contributed by atoms with E-state index in [4.69, 9.17) is 0 Å². The van der Waals surface area contributed by atoms with E-state index in [1.807, 2.05) is 0 Å². The molecule has 1 aromatic rings. The van der Waals surface area contributed by atoms with Gasteiger partial charge >= 0.3 is 0 Å². The van der Waals surface area contributed by atoms with Gasteiger partial charge in [-0.3, -0.25) is 14.9 Å². The van der Waals surface area contributed by atoms with E-state index in [0.29, 0.717) is 5.69 Å². The van der Waals surface area contributed by atoms with Crippen molar-refractivity contribution < 1.29 is 9.72 Å². The molecule has 1 saturated carbocycles. The van der Waals surface area contributed by atoms with Crippen molar-refractivity contribution in [3.63, 3.8) is 0 Å². The second kappa shape index (κ2) is 7.06. The highest BCUT2D eigenvalue weighted by Gasteiger charge is 2.19. The summed E-state index contributed by atoms with van der Waals surface area (Å²) in [5.74, 6) is 0.683. The van der Waals surface area contributed by atoms with Gasteiger partial charge in [0, 0.05) is 23.9 Å². The molecule has 1 aliphatic carbocycles. The van der Waals surface area contributed by atoms with E-state index < -0.39 is 4.92 Å². The minimum absolute atomic E-state index is 0.0154. The molecule has 0 unspecified atom stereocenters. The van der Waals surface area contributed by atoms with Crippen LogP contribution in [-0.2, 0) is 4.79 Å². The summed E-state index contributed by atoms with van der Waals surface area (Å²) in [6, 6.07) is 6.42. The zero-order chi connectivity index (χ0) is 15.2. The molecule has 21 heavy (non-hydrogen) atoms. The smallest absolute Gasteiger partial charge is 0.271 e. The molecule has 2 rings (SSSR count). The van der Waals surface area contributed by atoms with Gasteiger partial charge in [-0.15, -0.1) is 0 Å². The van der Waals surface area contributed by atoms with Crippen molar-refractivity contribution in [1.82, 2.24) is 5.32 Å². The predicted molar refractivity (Wildman–Crippen MR) is 81.1 cm³/mol. The Hall–Kier alpha value is -2.11. The molecule has 0 atom stereocenters. The highest BCUT2D eigenvalue weighted by molar-refractivity contribution is 5.81. The lowest BCUT2D eigenvalue weighted by atomic mass is 9.87. The van der Waals surface area contributed by atoms with Crippen LogP contribution in [-0.4, -0.2) is 23.4 Å². The first-order valence-electron chi connectivity index (χ1n) is 7.32. The number of amides is 1. The summed E-state index contributed by atoms with van der Waals surface area (Å²) in [5, 5.41) is 16.6. The average molecular weight is 291 g/mol. The van der Waals surface area contributed by atoms with Crippen molar-refractivity contribution in [2.24, 2.45) is 5.92 Å². The van der Waals surface area contributed by atoms with Crippen molar-refractivity contribution in [2.45, 2.75) is 38.6 Å². The molecule has 0 spiro atoms. The summed E-state index contributed by atoms with van der Waals surface area (Å²) in [4.78, 5) is 22.1. The van der Waals surface area contributed by atoms with Crippen LogP contribution in [0, 0.1) is 16.0 Å². The van der Waals surface area contributed by atoms with Gasteiger partial charge in [0.05, 0.1) is 11.5 Å². The van der Waals surface area contributed by atoms with Crippen molar-refractivity contribution in [3.05, 3.63) is 34.4 Å². The third-order valence-electron chi connectivity index (χ3n) is 3.89. The van der Waals surface area contributed by atoms with Crippen LogP contribution in [0.4, 0.5) is 11.4 Å². The fraction of sp³-hybridized carbons (Fsp3) is 0.533. The summed E-state index contributed by atoms with van der Waals surface area (Å²) in [5.41, 5.74) is 0.596. The zero-order valence-electron chi connectivity index (χ0n) is 12.2. The second-order valence-corrected chi connectivity index (χ2v) is 5.69. The molecule has 0 aliphatic heterocycles. The first-order chi connectivity index (χ1) is 10.0. The van der Waals surface area contributed by atoms with Crippen molar-refractivity contribution in [3.8, 4) is 0 Å². The minimum atomic E-state index is -0.450. The number of nitro benzene ring substituents is 1. The Morgan fingerprint density at radius 3 is 2.71 bits per heavy atom. The van der Waals surface area contributed by atoms with Crippen molar-refractivity contribution in [2.75, 3.05) is 11.9 Å². The van der Waals surface area contributed by atoms with E-state index in [9.17, 15) is 14.9 Å². The highest BCUT2D eigenvalue weighted by atomic mass is 16.6. The van der Waals surface area contributed by atoms with Gasteiger partial charge in [-0.2, -0.15) is 0 Å². The fourth-order valence-electron chi connectivity index (χ4n) is 2.59. The number of carbonyl (C=O) groups is 1. The van der Waals surface area contributed by atoms with Gasteiger partial charge in [0.1, 0.15) is 0 Å². The van der Waals surface area contributed by atoms with E-state index in [1.165, 1.54) is 12.1 Å². The molecule has 0 radical (unpaired) electrons. The van der Waals surface area contributed by atoms with Crippen LogP contribution in [0.15, 0.2) is 24.3 Å². The lowest BCUT2D eigenvalue weighted by Crippen LogP contribution is -2.40. The maximum absolute atomic E-state index is 11.9. The third kappa shape index (κ3) is 4.73. The normalized spacial score (nSPS) is 21.6. The Balaban J connectivity index is 1.78. The van der Waals surface area contributed by atoms with Gasteiger partial charge in [-0.1, -0.05) is 13.0 Å². The van der Waals surface area contributed by atoms with Crippen LogP contribution in [0.1, 0.15) is 32.6 Å². The molecular formula is C15H21N3O3. The summed E-state index contributed by atoms with van der Waals surface area (Å²) in [6.45, 7) is 2.37. The highest BCUT2D eigenvalue weighted by Crippen LogP contribution is 2.23. The quantitative estimate of drug-likeness (QED) is 0.645. The molecule has 1 aliphatic rings. The molecule has 2 N–H and O–H groups in total. The van der Waals surface area contributed by atoms with Crippen LogP contribution < -0.4 is 10.6 Å². The first kappa shape index (κ1) is 15.3. The average Bonchev–Trinajstić information content (AvgIpc) is 2.48. The molecule has 1 aromatic carbocycles. The van der Waals surface area contributed by atoms with E-state index in [-0.39, 0.29) is 24.2 Å². The standard InChI is InChI=1S/C15H21N3O3/c1-11-5-7-12(8-6-11)17-15(19)10-16-13-3-2-4-14(9-13)18(20)21/h2-4,9,11-12,16H,5-8,10H2,1H3,(H,17,19). The van der Waals surface area contributed by atoms with E-state index in [0.717, 1.165) is 31.6 Å². The predicted octanol–water partition coefficient (Wildman–Crippen LogP) is 2.70. The summed E-state index contributed by atoms with van der Waals surface area (Å²) in [6.07, 6.45) is 4.37. The lowest BCUT2D eigenvalue weighted by Gasteiger charge is -2.27. The number of hydrogen-bond acceptors (Lipinski definition) is 4. The number of nitro groups is 1. The monoisotopic (exact) mass is 291 g/mol. The van der Waals surface area contributed by atoms with Crippen molar-refractivity contribution in [1.29, 1.82) is 0 Å². The molecule has 6 heteroatoms. The summed E-state index contributed by atoms with van der Waals surface area (Å²) < 4.78 is 0. The van der Waals surface area contributed by atoms with Crippen LogP contribution in [0.2, 0.25) is 0 Å². The number of rotatable bonds is 5. The van der Waals surface area contributed by atoms with Crippen molar-refractivity contribution >= 4 is 17.3 Å². The molecule has 114 valence electrons. The Labute approximate surface area is 124 Å². The van der Waals surface area contributed by atoms with Gasteiger partial charge in [-0.25, -0.2) is 0 Å². The second-order valence-electron chi connectivity index (χ2n) is 5.69. The maximum atomic E-state index is 11.9. The number of nitrogens with one attached hydrogen (secondary N) is 2. The van der Waals surface area contributed by atoms with Gasteiger partial charge in [0.2, 0.25) is 5.91 Å². The number of benzene rings is 1. The largest absolute Gasteiger partial charge is 0.376 e. The molecule has 1 fully saturated rings. The Morgan fingerprint density at radius 2 is 2.05 bits per heavy atom. The van der Waals surface area contributed by atoms with Crippen LogP contribution in [0.25, 0.3) is 0 Å². The zero-order valence-corrected chi connectivity index (χ0v) is 12.2. The maximum Gasteiger partial charge on any atom is 0.271 e. The number of hydrogen-bond donors (Lipinski definition) is 2. The Bertz CT molecular complexity index is 511. The summed E-state index contributed by atoms with van der Waals surface area (Å²) in [7, 11) is 0. The van der Waals surface area contributed by atoms with Crippen LogP contribution in [0.3, 0.4) is 0 Å². The molecule has 0 bridgehead atoms. The lowest BCUT2D eigenvalue weighted by molar-refractivity contribution is -0.384. The Kier molecular flexibility index (Phi) is 5.14. The molecule has 0 heterocycles. The number of non-ortho nitro benzene ring substituents is 1. The molecule has 6 nitrogen and oxygen atoms in total. The van der Waals surface area contributed by atoms with E-state index in [1.54, 1.807) is 12.1 Å². The number of nitrogens with zero attached hydrogens (tertiary/aromatic N) is 1. The SMILES string of the molecule is CC1CCC(NC(=O)CNc2cccc([N+](=O)[O-])c2)CC1. The molecule has 1 amide bonds. The molecule has 0 saturated heterocycles. The topological polar surface area (TPSA) is 84.3 Å². The van der Waals surface area contributed by atoms with Gasteiger partial charge in [0.25, 0.3) is 5.69 Å². The van der Waals surface area contributed by atoms with Gasteiger partial charge < -0.3 is 10.6 Å². The molecular weight excluding hydrogens is 270 g/mol. The molecule has 0 aromatic heterocycles. The van der Waals surface area contributed by atoms with E-state index in [2.05, 4.69) is 17.6 Å². The number of carbonyl (C=O) groups excluding carboxylic acids is 1. The number of anilines is 1. The Morgan fingerprint density at radius 1 is 1.33 bits per heavy atom. The van der Waals surface area contributed by atoms with Crippen LogP contribution in [0.5, 0.6) is 0 Å². The van der Waals surface area contributed by atoms with Gasteiger partial charge in [-0.05, 0) is 37.7 Å². The summed E-state index contributed by atoms with van der Waals surface area (Å²) >= 11 is 0. The minimum Gasteiger partial charge on any atom is -0.376 e. The van der Waals surface area contributed by atoms with Gasteiger partial charge in [0.15, 0.2) is 0 Å². The van der Waals surface area contributed by atoms with E-state index >= 15 is 0 Å². The third-order valence-corrected chi connectivity index (χ3v) is 3.89.